The Bertz CT molecular complexity index is 609. The number of aromatic nitrogens is 2. The van der Waals surface area contributed by atoms with Gasteiger partial charge in [-0.15, -0.1) is 0 Å². The van der Waals surface area contributed by atoms with E-state index in [4.69, 9.17) is 4.52 Å². The zero-order chi connectivity index (χ0) is 15.6. The Morgan fingerprint density at radius 1 is 1.48 bits per heavy atom. The summed E-state index contributed by atoms with van der Waals surface area (Å²) in [5.41, 5.74) is 0. The van der Waals surface area contributed by atoms with E-state index in [9.17, 15) is 13.2 Å². The summed E-state index contributed by atoms with van der Waals surface area (Å²) >= 11 is 0. The lowest BCUT2D eigenvalue weighted by Crippen LogP contribution is -2.36. The lowest BCUT2D eigenvalue weighted by Gasteiger charge is -2.21. The zero-order valence-corrected chi connectivity index (χ0v) is 13.4. The monoisotopic (exact) mass is 315 g/mol. The molecule has 1 aliphatic heterocycles. The topological polar surface area (TPSA) is 93.4 Å². The van der Waals surface area contributed by atoms with Crippen LogP contribution in [0.5, 0.6) is 0 Å². The van der Waals surface area contributed by atoms with Crippen LogP contribution in [-0.2, 0) is 21.2 Å². The Labute approximate surface area is 124 Å². The smallest absolute Gasteiger partial charge is 0.246 e. The van der Waals surface area contributed by atoms with Crippen LogP contribution in [0.2, 0.25) is 0 Å². The molecule has 21 heavy (non-hydrogen) atoms. The first-order valence-corrected chi connectivity index (χ1v) is 8.96. The second-order valence-corrected chi connectivity index (χ2v) is 7.88. The van der Waals surface area contributed by atoms with Crippen LogP contribution >= 0.6 is 0 Å². The Balaban J connectivity index is 2.03. The van der Waals surface area contributed by atoms with Crippen LogP contribution < -0.4 is 0 Å². The average Bonchev–Trinajstić information content (AvgIpc) is 3.01. The summed E-state index contributed by atoms with van der Waals surface area (Å²) in [6, 6.07) is 0. The Morgan fingerprint density at radius 3 is 2.67 bits per heavy atom. The van der Waals surface area contributed by atoms with E-state index < -0.39 is 15.8 Å². The van der Waals surface area contributed by atoms with E-state index in [0.29, 0.717) is 24.7 Å². The summed E-state index contributed by atoms with van der Waals surface area (Å²) < 4.78 is 28.1. The molecule has 0 N–H and O–H groups in total. The molecule has 2 rings (SSSR count). The molecule has 1 amide bonds. The molecule has 7 nitrogen and oxygen atoms in total. The molecule has 8 heteroatoms. The second-order valence-electron chi connectivity index (χ2n) is 5.65. The number of hydrogen-bond acceptors (Lipinski definition) is 6. The molecular formula is C13H21N3O4S. The fourth-order valence-corrected chi connectivity index (χ4v) is 4.06. The number of hydrogen-bond donors (Lipinski definition) is 0. The number of rotatable bonds is 5. The number of carbonyl (C=O) groups is 1. The molecule has 1 saturated heterocycles. The highest BCUT2D eigenvalue weighted by Crippen LogP contribution is 2.21. The summed E-state index contributed by atoms with van der Waals surface area (Å²) in [4.78, 5) is 18.2. The van der Waals surface area contributed by atoms with E-state index in [1.165, 1.54) is 0 Å². The van der Waals surface area contributed by atoms with Crippen molar-refractivity contribution in [3.8, 4) is 0 Å². The van der Waals surface area contributed by atoms with Gasteiger partial charge in [-0.05, 0) is 13.3 Å². The highest BCUT2D eigenvalue weighted by molar-refractivity contribution is 7.91. The first-order chi connectivity index (χ1) is 9.82. The summed E-state index contributed by atoms with van der Waals surface area (Å²) in [5.74, 6) is 0.605. The molecule has 0 aliphatic carbocycles. The van der Waals surface area contributed by atoms with Gasteiger partial charge in [-0.3, -0.25) is 4.79 Å². The molecule has 1 aromatic heterocycles. The van der Waals surface area contributed by atoms with Crippen LogP contribution in [0.15, 0.2) is 4.52 Å². The van der Waals surface area contributed by atoms with Crippen molar-refractivity contribution in [2.24, 2.45) is 5.92 Å². The van der Waals surface area contributed by atoms with Gasteiger partial charge in [-0.25, -0.2) is 8.42 Å². The maximum Gasteiger partial charge on any atom is 0.246 e. The highest BCUT2D eigenvalue weighted by Gasteiger charge is 2.35. The van der Waals surface area contributed by atoms with Crippen molar-refractivity contribution in [2.75, 3.05) is 18.1 Å². The van der Waals surface area contributed by atoms with Gasteiger partial charge in [0.05, 0.1) is 24.0 Å². The summed E-state index contributed by atoms with van der Waals surface area (Å²) in [5, 5.41) is 3.86. The molecule has 0 saturated carbocycles. The third-order valence-corrected chi connectivity index (χ3v) is 5.37. The largest absolute Gasteiger partial charge is 0.337 e. The van der Waals surface area contributed by atoms with Crippen molar-refractivity contribution in [1.29, 1.82) is 0 Å². The molecule has 1 aromatic rings. The quantitative estimate of drug-likeness (QED) is 0.804. The molecule has 0 bridgehead atoms. The van der Waals surface area contributed by atoms with Crippen LogP contribution in [0.25, 0.3) is 0 Å². The molecule has 0 unspecified atom stereocenters. The van der Waals surface area contributed by atoms with E-state index >= 15 is 0 Å². The van der Waals surface area contributed by atoms with E-state index in [1.807, 2.05) is 20.8 Å². The molecule has 2 heterocycles. The fourth-order valence-electron chi connectivity index (χ4n) is 2.32. The van der Waals surface area contributed by atoms with Crippen molar-refractivity contribution in [2.45, 2.75) is 39.7 Å². The standard InChI is InChI=1S/C13H21N3O4S/c1-4-16(7-11-14-12(9(2)3)15-20-11)13(17)10-5-6-21(18,19)8-10/h9-10H,4-8H2,1-3H3/t10-/m1/s1. The van der Waals surface area contributed by atoms with Crippen molar-refractivity contribution in [1.82, 2.24) is 15.0 Å². The normalized spacial score (nSPS) is 20.9. The maximum atomic E-state index is 12.4. The van der Waals surface area contributed by atoms with Crippen molar-refractivity contribution in [3.05, 3.63) is 11.7 Å². The maximum absolute atomic E-state index is 12.4. The summed E-state index contributed by atoms with van der Waals surface area (Å²) in [6.07, 6.45) is 0.402. The molecule has 0 aromatic carbocycles. The number of nitrogens with zero attached hydrogens (tertiary/aromatic N) is 3. The molecule has 1 atom stereocenters. The Hall–Kier alpha value is -1.44. The minimum atomic E-state index is -3.06. The van der Waals surface area contributed by atoms with Gasteiger partial charge in [-0.2, -0.15) is 4.98 Å². The lowest BCUT2D eigenvalue weighted by molar-refractivity contribution is -0.135. The number of carbonyl (C=O) groups excluding carboxylic acids is 1. The zero-order valence-electron chi connectivity index (χ0n) is 12.6. The number of sulfone groups is 1. The predicted molar refractivity (Wildman–Crippen MR) is 76.2 cm³/mol. The van der Waals surface area contributed by atoms with Gasteiger partial charge >= 0.3 is 0 Å². The van der Waals surface area contributed by atoms with E-state index in [0.717, 1.165) is 0 Å². The van der Waals surface area contributed by atoms with E-state index in [2.05, 4.69) is 10.1 Å². The van der Waals surface area contributed by atoms with Crippen LogP contribution in [0.1, 0.15) is 44.8 Å². The van der Waals surface area contributed by atoms with Crippen LogP contribution in [0, 0.1) is 5.92 Å². The van der Waals surface area contributed by atoms with Crippen LogP contribution in [0.4, 0.5) is 0 Å². The van der Waals surface area contributed by atoms with Gasteiger partial charge < -0.3 is 9.42 Å². The first-order valence-electron chi connectivity index (χ1n) is 7.14. The average molecular weight is 315 g/mol. The van der Waals surface area contributed by atoms with Gasteiger partial charge in [0.25, 0.3) is 0 Å². The summed E-state index contributed by atoms with van der Waals surface area (Å²) in [6.45, 7) is 6.48. The minimum absolute atomic E-state index is 0.0522. The van der Waals surface area contributed by atoms with E-state index in [1.54, 1.807) is 4.90 Å². The Kier molecular flexibility index (Phi) is 4.65. The SMILES string of the molecule is CCN(Cc1nc(C(C)C)no1)C(=O)[C@@H]1CCS(=O)(=O)C1. The van der Waals surface area contributed by atoms with Crippen molar-refractivity contribution >= 4 is 15.7 Å². The summed E-state index contributed by atoms with van der Waals surface area (Å²) in [7, 11) is -3.06. The second kappa shape index (κ2) is 6.13. The van der Waals surface area contributed by atoms with Crippen LogP contribution in [-0.4, -0.2) is 47.4 Å². The molecule has 118 valence electrons. The third-order valence-electron chi connectivity index (χ3n) is 3.60. The third kappa shape index (κ3) is 3.81. The van der Waals surface area contributed by atoms with Gasteiger partial charge in [0.2, 0.25) is 11.8 Å². The van der Waals surface area contributed by atoms with Crippen molar-refractivity contribution in [3.63, 3.8) is 0 Å². The number of amides is 1. The first kappa shape index (κ1) is 15.9. The fraction of sp³-hybridized carbons (Fsp3) is 0.769. The molecule has 1 aliphatic rings. The van der Waals surface area contributed by atoms with Gasteiger partial charge in [0.1, 0.15) is 0 Å². The molecule has 1 fully saturated rings. The predicted octanol–water partition coefficient (Wildman–Crippen LogP) is 0.976. The minimum Gasteiger partial charge on any atom is -0.337 e. The van der Waals surface area contributed by atoms with Crippen LogP contribution in [0.3, 0.4) is 0 Å². The van der Waals surface area contributed by atoms with Crippen molar-refractivity contribution < 1.29 is 17.7 Å². The Morgan fingerprint density at radius 2 is 2.19 bits per heavy atom. The highest BCUT2D eigenvalue weighted by atomic mass is 32.2. The van der Waals surface area contributed by atoms with Gasteiger partial charge in [0.15, 0.2) is 15.7 Å². The molecule has 0 radical (unpaired) electrons. The van der Waals surface area contributed by atoms with Gasteiger partial charge in [-0.1, -0.05) is 19.0 Å². The van der Waals surface area contributed by atoms with Gasteiger partial charge in [0, 0.05) is 12.5 Å². The molecular weight excluding hydrogens is 294 g/mol. The molecule has 0 spiro atoms. The lowest BCUT2D eigenvalue weighted by atomic mass is 10.1. The van der Waals surface area contributed by atoms with E-state index in [-0.39, 0.29) is 29.9 Å².